The highest BCUT2D eigenvalue weighted by Gasteiger charge is 2.41. The van der Waals surface area contributed by atoms with E-state index in [2.05, 4.69) is 0 Å². The molecule has 0 aromatic carbocycles. The number of carbonyl (C=O) groups excluding carboxylic acids is 2. The molecule has 0 amide bonds. The first-order valence-corrected chi connectivity index (χ1v) is 5.61. The van der Waals surface area contributed by atoms with Crippen molar-refractivity contribution in [1.82, 2.24) is 0 Å². The average Bonchev–Trinajstić information content (AvgIpc) is 2.14. The van der Waals surface area contributed by atoms with Crippen LogP contribution in [0.15, 0.2) is 0 Å². The van der Waals surface area contributed by atoms with Crippen LogP contribution in [0.5, 0.6) is 0 Å². The van der Waals surface area contributed by atoms with Gasteiger partial charge in [0.25, 0.3) is 0 Å². The number of hydrogen-bond acceptors (Lipinski definition) is 4. The Bertz CT molecular complexity index is 319. The van der Waals surface area contributed by atoms with Crippen molar-refractivity contribution in [3.63, 3.8) is 0 Å². The molecule has 0 heterocycles. The van der Waals surface area contributed by atoms with Crippen molar-refractivity contribution in [2.24, 2.45) is 11.8 Å². The molecule has 0 aliphatic rings. The maximum Gasteiger partial charge on any atom is 0.306 e. The van der Waals surface area contributed by atoms with Crippen molar-refractivity contribution in [3.05, 3.63) is 0 Å². The van der Waals surface area contributed by atoms with Crippen LogP contribution in [0.25, 0.3) is 0 Å². The van der Waals surface area contributed by atoms with E-state index in [1.165, 1.54) is 0 Å². The van der Waals surface area contributed by atoms with Crippen molar-refractivity contribution in [1.29, 1.82) is 0 Å². The van der Waals surface area contributed by atoms with Gasteiger partial charge in [-0.1, -0.05) is 27.7 Å². The topological polar surface area (TPSA) is 91.7 Å². The van der Waals surface area contributed by atoms with Crippen LogP contribution in [0, 0.1) is 11.8 Å². The zero-order chi connectivity index (χ0) is 13.8. The maximum absolute atomic E-state index is 11.8. The fraction of sp³-hybridized carbons (Fsp3) is 0.750. The Hall–Kier alpha value is -1.23. The number of carboxylic acids is 1. The summed E-state index contributed by atoms with van der Waals surface area (Å²) in [5.41, 5.74) is -2.08. The van der Waals surface area contributed by atoms with Gasteiger partial charge in [0, 0.05) is 18.3 Å². The normalized spacial score (nSPS) is 14.8. The van der Waals surface area contributed by atoms with Crippen LogP contribution in [-0.4, -0.2) is 33.3 Å². The molecule has 0 bridgehead atoms. The number of ketones is 2. The first kappa shape index (κ1) is 15.8. The van der Waals surface area contributed by atoms with Crippen molar-refractivity contribution in [2.45, 2.75) is 46.1 Å². The molecule has 0 aliphatic carbocycles. The number of Topliss-reactive ketones (excluding diaryl/α,β-unsaturated/α-hetero) is 2. The molecule has 0 saturated heterocycles. The zero-order valence-electron chi connectivity index (χ0n) is 10.7. The van der Waals surface area contributed by atoms with Crippen LogP contribution >= 0.6 is 0 Å². The Labute approximate surface area is 101 Å². The van der Waals surface area contributed by atoms with Gasteiger partial charge >= 0.3 is 5.97 Å². The second kappa shape index (κ2) is 5.91. The summed E-state index contributed by atoms with van der Waals surface area (Å²) in [6.07, 6.45) is -1.17. The molecule has 17 heavy (non-hydrogen) atoms. The van der Waals surface area contributed by atoms with Crippen molar-refractivity contribution in [3.8, 4) is 0 Å². The molecule has 0 radical (unpaired) electrons. The molecule has 0 fully saturated rings. The van der Waals surface area contributed by atoms with Crippen LogP contribution in [0.1, 0.15) is 40.5 Å². The summed E-state index contributed by atoms with van der Waals surface area (Å²) in [7, 11) is 0. The number of carbonyl (C=O) groups is 3. The number of rotatable bonds is 7. The Kier molecular flexibility index (Phi) is 5.48. The van der Waals surface area contributed by atoms with Crippen LogP contribution in [0.3, 0.4) is 0 Å². The monoisotopic (exact) mass is 244 g/mol. The van der Waals surface area contributed by atoms with E-state index >= 15 is 0 Å². The predicted octanol–water partition coefficient (Wildman–Crippen LogP) is 1.03. The molecule has 2 N–H and O–H groups in total. The fourth-order valence-corrected chi connectivity index (χ4v) is 1.52. The lowest BCUT2D eigenvalue weighted by Crippen LogP contribution is -2.45. The molecule has 0 unspecified atom stereocenters. The smallest absolute Gasteiger partial charge is 0.306 e. The number of hydrogen-bond donors (Lipinski definition) is 2. The molecule has 98 valence electrons. The van der Waals surface area contributed by atoms with Gasteiger partial charge in [-0.05, 0) is 0 Å². The summed E-state index contributed by atoms with van der Waals surface area (Å²) in [4.78, 5) is 34.0. The first-order valence-electron chi connectivity index (χ1n) is 5.61. The van der Waals surface area contributed by atoms with Gasteiger partial charge < -0.3 is 10.2 Å². The molecule has 0 spiro atoms. The van der Waals surface area contributed by atoms with Gasteiger partial charge in [-0.3, -0.25) is 14.4 Å². The van der Waals surface area contributed by atoms with Crippen LogP contribution in [0.4, 0.5) is 0 Å². The Morgan fingerprint density at radius 3 is 1.76 bits per heavy atom. The van der Waals surface area contributed by atoms with E-state index in [4.69, 9.17) is 5.11 Å². The minimum Gasteiger partial charge on any atom is -0.481 e. The number of aliphatic hydroxyl groups is 1. The Morgan fingerprint density at radius 2 is 1.47 bits per heavy atom. The molecule has 5 nitrogen and oxygen atoms in total. The third kappa shape index (κ3) is 4.65. The fourth-order valence-electron chi connectivity index (χ4n) is 1.52. The van der Waals surface area contributed by atoms with E-state index < -0.39 is 36.1 Å². The van der Waals surface area contributed by atoms with Crippen LogP contribution in [0.2, 0.25) is 0 Å². The highest BCUT2D eigenvalue weighted by atomic mass is 16.4. The van der Waals surface area contributed by atoms with Gasteiger partial charge in [0.15, 0.2) is 5.78 Å². The summed E-state index contributed by atoms with van der Waals surface area (Å²) in [6, 6.07) is 0. The highest BCUT2D eigenvalue weighted by molar-refractivity contribution is 5.97. The lowest BCUT2D eigenvalue weighted by molar-refractivity contribution is -0.155. The van der Waals surface area contributed by atoms with E-state index in [9.17, 15) is 19.5 Å². The molecule has 0 rings (SSSR count). The predicted molar refractivity (Wildman–Crippen MR) is 61.5 cm³/mol. The largest absolute Gasteiger partial charge is 0.481 e. The van der Waals surface area contributed by atoms with E-state index in [1.54, 1.807) is 27.7 Å². The number of aliphatic carboxylic acids is 1. The zero-order valence-corrected chi connectivity index (χ0v) is 10.7. The van der Waals surface area contributed by atoms with Crippen LogP contribution in [-0.2, 0) is 14.4 Å². The van der Waals surface area contributed by atoms with Gasteiger partial charge in [0.2, 0.25) is 0 Å². The lowest BCUT2D eigenvalue weighted by Gasteiger charge is -2.26. The van der Waals surface area contributed by atoms with Gasteiger partial charge in [0.05, 0.1) is 6.42 Å². The van der Waals surface area contributed by atoms with Crippen molar-refractivity contribution in [2.75, 3.05) is 0 Å². The SMILES string of the molecule is CC(C)C(=O)C[C@](O)(CC(=O)O)C(=O)C(C)C. The van der Waals surface area contributed by atoms with Crippen molar-refractivity contribution < 1.29 is 24.6 Å². The quantitative estimate of drug-likeness (QED) is 0.698. The Morgan fingerprint density at radius 1 is 1.00 bits per heavy atom. The summed E-state index contributed by atoms with van der Waals surface area (Å²) < 4.78 is 0. The van der Waals surface area contributed by atoms with Gasteiger partial charge in [-0.2, -0.15) is 0 Å². The highest BCUT2D eigenvalue weighted by Crippen LogP contribution is 2.23. The first-order chi connectivity index (χ1) is 7.60. The van der Waals surface area contributed by atoms with E-state index in [0.717, 1.165) is 0 Å². The van der Waals surface area contributed by atoms with Crippen molar-refractivity contribution >= 4 is 17.5 Å². The summed E-state index contributed by atoms with van der Waals surface area (Å²) >= 11 is 0. The summed E-state index contributed by atoms with van der Waals surface area (Å²) in [5, 5.41) is 18.8. The number of carboxylic acid groups (broad SMARTS) is 1. The minimum absolute atomic E-state index is 0.317. The summed E-state index contributed by atoms with van der Waals surface area (Å²) in [6.45, 7) is 6.41. The van der Waals surface area contributed by atoms with Gasteiger partial charge in [-0.15, -0.1) is 0 Å². The van der Waals surface area contributed by atoms with E-state index in [0.29, 0.717) is 0 Å². The third-order valence-electron chi connectivity index (χ3n) is 2.54. The molecule has 5 heteroatoms. The van der Waals surface area contributed by atoms with Gasteiger partial charge in [0.1, 0.15) is 11.4 Å². The molecule has 0 aromatic heterocycles. The molecular formula is C12H20O5. The van der Waals surface area contributed by atoms with E-state index in [-0.39, 0.29) is 11.7 Å². The molecule has 0 aromatic rings. The maximum atomic E-state index is 11.8. The molecular weight excluding hydrogens is 224 g/mol. The standard InChI is InChI=1S/C12H20O5/c1-7(2)9(13)5-12(17,6-10(14)15)11(16)8(3)4/h7-8,17H,5-6H2,1-4H3,(H,14,15)/t12-/m0/s1. The van der Waals surface area contributed by atoms with Gasteiger partial charge in [-0.25, -0.2) is 0 Å². The molecule has 0 saturated carbocycles. The lowest BCUT2D eigenvalue weighted by atomic mass is 9.82. The third-order valence-corrected chi connectivity index (χ3v) is 2.54. The molecule has 1 atom stereocenters. The second-order valence-electron chi connectivity index (χ2n) is 4.92. The van der Waals surface area contributed by atoms with E-state index in [1.807, 2.05) is 0 Å². The Balaban J connectivity index is 5.04. The minimum atomic E-state index is -2.08. The summed E-state index contributed by atoms with van der Waals surface area (Å²) in [5.74, 6) is -3.07. The average molecular weight is 244 g/mol. The second-order valence-corrected chi connectivity index (χ2v) is 4.92. The van der Waals surface area contributed by atoms with Crippen LogP contribution < -0.4 is 0 Å². The molecule has 0 aliphatic heterocycles.